The van der Waals surface area contributed by atoms with E-state index in [2.05, 4.69) is 25.6 Å². The van der Waals surface area contributed by atoms with Gasteiger partial charge < -0.3 is 4.74 Å². The Bertz CT molecular complexity index is 623. The number of hydrogen-bond donors (Lipinski definition) is 1. The van der Waals surface area contributed by atoms with Gasteiger partial charge in [0.2, 0.25) is 5.88 Å². The molecule has 3 aromatic rings. The maximum Gasteiger partial charge on any atom is 0.214 e. The molecule has 0 unspecified atom stereocenters. The summed E-state index contributed by atoms with van der Waals surface area (Å²) in [6.07, 6.45) is 0. The van der Waals surface area contributed by atoms with Crippen molar-refractivity contribution in [2.75, 3.05) is 0 Å². The largest absolute Gasteiger partial charge is 0.469 e. The number of pyridine rings is 1. The van der Waals surface area contributed by atoms with Gasteiger partial charge in [-0.3, -0.25) is 0 Å². The second-order valence-corrected chi connectivity index (χ2v) is 3.48. The third-order valence-corrected chi connectivity index (χ3v) is 2.32. The lowest BCUT2D eigenvalue weighted by atomic mass is 10.2. The molecule has 0 aliphatic rings. The predicted octanol–water partition coefficient (Wildman–Crippen LogP) is 1.33. The van der Waals surface area contributed by atoms with E-state index in [0.29, 0.717) is 11.7 Å². The highest BCUT2D eigenvalue weighted by Gasteiger charge is 2.01. The van der Waals surface area contributed by atoms with E-state index in [-0.39, 0.29) is 6.61 Å². The van der Waals surface area contributed by atoms with Crippen LogP contribution in [0.4, 0.5) is 0 Å². The topological polar surface area (TPSA) is 76.6 Å². The molecule has 2 aromatic heterocycles. The number of nitrogens with one attached hydrogen (secondary N) is 1. The van der Waals surface area contributed by atoms with Crippen LogP contribution in [0.15, 0.2) is 36.4 Å². The quantitative estimate of drug-likeness (QED) is 0.730. The first-order chi connectivity index (χ1) is 8.42. The van der Waals surface area contributed by atoms with Crippen LogP contribution in [0.3, 0.4) is 0 Å². The van der Waals surface area contributed by atoms with E-state index in [0.717, 1.165) is 10.9 Å². The summed E-state index contributed by atoms with van der Waals surface area (Å²) in [5.41, 5.74) is 0.903. The fourth-order valence-corrected chi connectivity index (χ4v) is 1.51. The molecule has 0 fully saturated rings. The minimum atomic E-state index is 0.276. The first kappa shape index (κ1) is 9.71. The van der Waals surface area contributed by atoms with Crippen molar-refractivity contribution in [3.63, 3.8) is 0 Å². The van der Waals surface area contributed by atoms with Gasteiger partial charge in [0.15, 0.2) is 12.4 Å². The van der Waals surface area contributed by atoms with Gasteiger partial charge in [-0.25, -0.2) is 10.1 Å². The number of rotatable bonds is 3. The Kier molecular flexibility index (Phi) is 2.38. The average molecular weight is 227 g/mol. The van der Waals surface area contributed by atoms with Gasteiger partial charge in [0.25, 0.3) is 0 Å². The summed E-state index contributed by atoms with van der Waals surface area (Å²) in [6.45, 7) is 0.276. The minimum Gasteiger partial charge on any atom is -0.469 e. The Labute approximate surface area is 96.6 Å². The molecule has 17 heavy (non-hydrogen) atoms. The van der Waals surface area contributed by atoms with E-state index >= 15 is 0 Å². The van der Waals surface area contributed by atoms with Gasteiger partial charge in [-0.15, -0.1) is 5.10 Å². The molecule has 0 aliphatic heterocycles. The molecule has 2 heterocycles. The molecule has 0 saturated heterocycles. The predicted molar refractivity (Wildman–Crippen MR) is 60.3 cm³/mol. The van der Waals surface area contributed by atoms with E-state index in [4.69, 9.17) is 4.74 Å². The van der Waals surface area contributed by atoms with Gasteiger partial charge in [0.1, 0.15) is 0 Å². The van der Waals surface area contributed by atoms with Crippen molar-refractivity contribution in [3.05, 3.63) is 42.2 Å². The van der Waals surface area contributed by atoms with Crippen LogP contribution < -0.4 is 4.74 Å². The zero-order valence-electron chi connectivity index (χ0n) is 8.87. The number of tetrazole rings is 1. The summed E-state index contributed by atoms with van der Waals surface area (Å²) < 4.78 is 5.47. The summed E-state index contributed by atoms with van der Waals surface area (Å²) >= 11 is 0. The number of aromatic amines is 1. The molecule has 0 atom stereocenters. The average Bonchev–Trinajstić information content (AvgIpc) is 2.89. The molecule has 1 aromatic carbocycles. The number of hydrogen-bond acceptors (Lipinski definition) is 5. The molecular formula is C11H9N5O. The van der Waals surface area contributed by atoms with E-state index in [1.807, 2.05) is 36.4 Å². The summed E-state index contributed by atoms with van der Waals surface area (Å²) in [5.74, 6) is 1.13. The highest BCUT2D eigenvalue weighted by molar-refractivity contribution is 5.78. The molecule has 6 heteroatoms. The van der Waals surface area contributed by atoms with Crippen LogP contribution in [-0.2, 0) is 6.61 Å². The molecule has 0 saturated carbocycles. The van der Waals surface area contributed by atoms with Crippen LogP contribution in [0.5, 0.6) is 5.88 Å². The molecule has 0 amide bonds. The zero-order valence-corrected chi connectivity index (χ0v) is 8.87. The molecule has 0 bridgehead atoms. The number of ether oxygens (including phenoxy) is 1. The fourth-order valence-electron chi connectivity index (χ4n) is 1.51. The lowest BCUT2D eigenvalue weighted by Crippen LogP contribution is -1.99. The van der Waals surface area contributed by atoms with Crippen LogP contribution >= 0.6 is 0 Å². The maximum absolute atomic E-state index is 5.47. The van der Waals surface area contributed by atoms with Crippen LogP contribution in [0.2, 0.25) is 0 Å². The number of H-pyrrole nitrogens is 1. The molecule has 6 nitrogen and oxygen atoms in total. The Morgan fingerprint density at radius 1 is 1.12 bits per heavy atom. The number of fused-ring (bicyclic) bond motifs is 1. The Hall–Kier alpha value is -2.50. The Morgan fingerprint density at radius 2 is 2.06 bits per heavy atom. The first-order valence-corrected chi connectivity index (χ1v) is 5.13. The van der Waals surface area contributed by atoms with Gasteiger partial charge in [0.05, 0.1) is 5.52 Å². The third kappa shape index (κ3) is 2.05. The zero-order chi connectivity index (χ0) is 11.5. The Morgan fingerprint density at radius 3 is 2.94 bits per heavy atom. The van der Waals surface area contributed by atoms with E-state index in [1.54, 1.807) is 0 Å². The van der Waals surface area contributed by atoms with Gasteiger partial charge in [-0.2, -0.15) is 0 Å². The van der Waals surface area contributed by atoms with E-state index in [1.165, 1.54) is 0 Å². The van der Waals surface area contributed by atoms with Crippen molar-refractivity contribution in [1.82, 2.24) is 25.6 Å². The van der Waals surface area contributed by atoms with Crippen molar-refractivity contribution in [3.8, 4) is 5.88 Å². The van der Waals surface area contributed by atoms with Crippen LogP contribution in [-0.4, -0.2) is 25.6 Å². The van der Waals surface area contributed by atoms with E-state index < -0.39 is 0 Å². The lowest BCUT2D eigenvalue weighted by molar-refractivity contribution is 0.285. The van der Waals surface area contributed by atoms with Gasteiger partial charge in [-0.1, -0.05) is 18.2 Å². The van der Waals surface area contributed by atoms with Gasteiger partial charge in [0, 0.05) is 11.5 Å². The van der Waals surface area contributed by atoms with Crippen molar-refractivity contribution in [2.24, 2.45) is 0 Å². The molecular weight excluding hydrogens is 218 g/mol. The second-order valence-electron chi connectivity index (χ2n) is 3.48. The number of aromatic nitrogens is 5. The van der Waals surface area contributed by atoms with Crippen molar-refractivity contribution in [1.29, 1.82) is 0 Å². The van der Waals surface area contributed by atoms with Crippen LogP contribution in [0.25, 0.3) is 10.9 Å². The summed E-state index contributed by atoms with van der Waals surface area (Å²) in [6, 6.07) is 11.7. The summed E-state index contributed by atoms with van der Waals surface area (Å²) in [7, 11) is 0. The molecule has 0 aliphatic carbocycles. The summed E-state index contributed by atoms with van der Waals surface area (Å²) in [5, 5.41) is 14.4. The number of para-hydroxylation sites is 1. The smallest absolute Gasteiger partial charge is 0.214 e. The molecule has 3 rings (SSSR count). The lowest BCUT2D eigenvalue weighted by Gasteiger charge is -2.03. The number of nitrogens with zero attached hydrogens (tertiary/aromatic N) is 4. The van der Waals surface area contributed by atoms with Gasteiger partial charge >= 0.3 is 0 Å². The summed E-state index contributed by atoms with van der Waals surface area (Å²) in [4.78, 5) is 4.37. The normalized spacial score (nSPS) is 10.6. The number of benzene rings is 1. The van der Waals surface area contributed by atoms with Crippen LogP contribution in [0.1, 0.15) is 5.82 Å². The Balaban J connectivity index is 1.81. The molecule has 84 valence electrons. The van der Waals surface area contributed by atoms with Gasteiger partial charge in [-0.05, 0) is 22.6 Å². The third-order valence-electron chi connectivity index (χ3n) is 2.32. The minimum absolute atomic E-state index is 0.276. The second kappa shape index (κ2) is 4.17. The highest BCUT2D eigenvalue weighted by atomic mass is 16.5. The highest BCUT2D eigenvalue weighted by Crippen LogP contribution is 2.16. The standard InChI is InChI=1S/C11H9N5O/c1-2-4-9-8(3-1)5-6-11(12-9)17-7-10-13-15-16-14-10/h1-6H,7H2,(H,13,14,15,16). The van der Waals surface area contributed by atoms with E-state index in [9.17, 15) is 0 Å². The maximum atomic E-state index is 5.47. The monoisotopic (exact) mass is 227 g/mol. The SMILES string of the molecule is c1ccc2nc(OCc3nnn[nH]3)ccc2c1. The van der Waals surface area contributed by atoms with Crippen molar-refractivity contribution >= 4 is 10.9 Å². The molecule has 0 radical (unpaired) electrons. The van der Waals surface area contributed by atoms with Crippen molar-refractivity contribution in [2.45, 2.75) is 6.61 Å². The fraction of sp³-hybridized carbons (Fsp3) is 0.0909. The van der Waals surface area contributed by atoms with Crippen molar-refractivity contribution < 1.29 is 4.74 Å². The molecule has 0 spiro atoms. The molecule has 1 N–H and O–H groups in total. The first-order valence-electron chi connectivity index (χ1n) is 5.13. The van der Waals surface area contributed by atoms with Crippen LogP contribution in [0, 0.1) is 0 Å².